The molecular weight excluding hydrogens is 222 g/mol. The quantitative estimate of drug-likeness (QED) is 0.471. The molecule has 0 bridgehead atoms. The fourth-order valence-corrected chi connectivity index (χ4v) is 1.52. The summed E-state index contributed by atoms with van der Waals surface area (Å²) in [7, 11) is 1.59. The van der Waals surface area contributed by atoms with Gasteiger partial charge >= 0.3 is 0 Å². The molecule has 1 aliphatic heterocycles. The van der Waals surface area contributed by atoms with E-state index in [1.807, 2.05) is 0 Å². The van der Waals surface area contributed by atoms with Gasteiger partial charge in [-0.1, -0.05) is 0 Å². The Labute approximate surface area is 101 Å². The van der Waals surface area contributed by atoms with Gasteiger partial charge < -0.3 is 20.7 Å². The first-order valence-corrected chi connectivity index (χ1v) is 5.95. The lowest BCUT2D eigenvalue weighted by Gasteiger charge is -2.26. The van der Waals surface area contributed by atoms with Crippen LogP contribution >= 0.6 is 0 Å². The lowest BCUT2D eigenvalue weighted by molar-refractivity contribution is -0.123. The maximum absolute atomic E-state index is 11.4. The number of nitrogens with one attached hydrogen (secondary N) is 3. The summed E-state index contributed by atoms with van der Waals surface area (Å²) in [5, 5.41) is 8.55. The highest BCUT2D eigenvalue weighted by atomic mass is 16.5. The summed E-state index contributed by atoms with van der Waals surface area (Å²) < 4.78 is 4.81. The zero-order valence-electron chi connectivity index (χ0n) is 10.3. The normalized spacial score (nSPS) is 15.1. The van der Waals surface area contributed by atoms with Crippen molar-refractivity contribution in [2.45, 2.75) is 12.8 Å². The van der Waals surface area contributed by atoms with Gasteiger partial charge in [0.1, 0.15) is 0 Å². The minimum Gasteiger partial charge on any atom is -0.383 e. The Balaban J connectivity index is 1.94. The van der Waals surface area contributed by atoms with Gasteiger partial charge in [-0.3, -0.25) is 9.59 Å². The molecule has 6 nitrogen and oxygen atoms in total. The Morgan fingerprint density at radius 3 is 2.53 bits per heavy atom. The lowest BCUT2D eigenvalue weighted by atomic mass is 9.99. The van der Waals surface area contributed by atoms with Crippen LogP contribution in [0.2, 0.25) is 0 Å². The number of amides is 2. The molecule has 0 aliphatic carbocycles. The molecule has 1 heterocycles. The molecular formula is C11H21N3O3. The Hall–Kier alpha value is -1.14. The van der Waals surface area contributed by atoms with Crippen LogP contribution in [0, 0.1) is 5.92 Å². The van der Waals surface area contributed by atoms with Crippen molar-refractivity contribution < 1.29 is 14.3 Å². The predicted octanol–water partition coefficient (Wildman–Crippen LogP) is -1.14. The number of rotatable bonds is 8. The number of hydrogen-bond acceptors (Lipinski definition) is 4. The van der Waals surface area contributed by atoms with Crippen molar-refractivity contribution in [1.29, 1.82) is 0 Å². The second kappa shape index (κ2) is 8.03. The van der Waals surface area contributed by atoms with Gasteiger partial charge in [0, 0.05) is 33.0 Å². The average Bonchev–Trinajstić information content (AvgIpc) is 2.24. The van der Waals surface area contributed by atoms with E-state index in [-0.39, 0.29) is 11.8 Å². The van der Waals surface area contributed by atoms with E-state index in [0.29, 0.717) is 38.5 Å². The molecule has 6 heteroatoms. The van der Waals surface area contributed by atoms with Crippen molar-refractivity contribution in [2.75, 3.05) is 39.9 Å². The van der Waals surface area contributed by atoms with Crippen molar-refractivity contribution >= 4 is 11.8 Å². The summed E-state index contributed by atoms with van der Waals surface area (Å²) in [6, 6.07) is 0. The summed E-state index contributed by atoms with van der Waals surface area (Å²) in [5.41, 5.74) is 0. The summed E-state index contributed by atoms with van der Waals surface area (Å²) >= 11 is 0. The summed E-state index contributed by atoms with van der Waals surface area (Å²) in [4.78, 5) is 22.7. The van der Waals surface area contributed by atoms with Crippen LogP contribution in [0.25, 0.3) is 0 Å². The van der Waals surface area contributed by atoms with E-state index in [1.54, 1.807) is 7.11 Å². The van der Waals surface area contributed by atoms with E-state index >= 15 is 0 Å². The van der Waals surface area contributed by atoms with Crippen molar-refractivity contribution in [3.63, 3.8) is 0 Å². The minimum absolute atomic E-state index is 0.0289. The number of carbonyl (C=O) groups excluding carboxylic acids is 2. The topological polar surface area (TPSA) is 79.5 Å². The molecule has 0 aromatic heterocycles. The Bertz CT molecular complexity index is 254. The molecule has 1 fully saturated rings. The largest absolute Gasteiger partial charge is 0.383 e. The monoisotopic (exact) mass is 243 g/mol. The molecule has 17 heavy (non-hydrogen) atoms. The smallest absolute Gasteiger partial charge is 0.221 e. The molecule has 2 amide bonds. The van der Waals surface area contributed by atoms with Crippen molar-refractivity contribution in [2.24, 2.45) is 5.92 Å². The summed E-state index contributed by atoms with van der Waals surface area (Å²) in [6.45, 7) is 3.26. The van der Waals surface area contributed by atoms with E-state index in [4.69, 9.17) is 4.74 Å². The third-order valence-electron chi connectivity index (χ3n) is 2.64. The predicted molar refractivity (Wildman–Crippen MR) is 63.5 cm³/mol. The van der Waals surface area contributed by atoms with Crippen LogP contribution in [0.5, 0.6) is 0 Å². The molecule has 0 unspecified atom stereocenters. The lowest BCUT2D eigenvalue weighted by Crippen LogP contribution is -2.44. The summed E-state index contributed by atoms with van der Waals surface area (Å²) in [5.74, 6) is 0.430. The highest BCUT2D eigenvalue weighted by Gasteiger charge is 2.19. The maximum Gasteiger partial charge on any atom is 0.221 e. The molecule has 1 aliphatic rings. The van der Waals surface area contributed by atoms with E-state index < -0.39 is 0 Å². The van der Waals surface area contributed by atoms with Gasteiger partial charge in [-0.05, 0) is 19.0 Å². The van der Waals surface area contributed by atoms with Crippen LogP contribution in [0.15, 0.2) is 0 Å². The summed E-state index contributed by atoms with van der Waals surface area (Å²) in [6.07, 6.45) is 0.872. The number of hydrogen-bond donors (Lipinski definition) is 3. The Morgan fingerprint density at radius 2 is 1.94 bits per heavy atom. The molecule has 3 N–H and O–H groups in total. The first-order chi connectivity index (χ1) is 8.22. The van der Waals surface area contributed by atoms with Crippen LogP contribution in [0.3, 0.4) is 0 Å². The van der Waals surface area contributed by atoms with Crippen molar-refractivity contribution in [3.05, 3.63) is 0 Å². The highest BCUT2D eigenvalue weighted by molar-refractivity contribution is 5.79. The number of methoxy groups -OCH3 is 1. The minimum atomic E-state index is -0.0624. The number of ether oxygens (including phenoxy) is 1. The van der Waals surface area contributed by atoms with Gasteiger partial charge in [0.2, 0.25) is 11.8 Å². The van der Waals surface area contributed by atoms with Crippen LogP contribution in [-0.4, -0.2) is 51.7 Å². The van der Waals surface area contributed by atoms with Gasteiger partial charge in [-0.15, -0.1) is 0 Å². The molecule has 0 aromatic rings. The van der Waals surface area contributed by atoms with Crippen LogP contribution in [0.4, 0.5) is 0 Å². The van der Waals surface area contributed by atoms with Gasteiger partial charge in [0.15, 0.2) is 0 Å². The molecule has 0 spiro atoms. The second-order valence-electron chi connectivity index (χ2n) is 4.17. The fraction of sp³-hybridized carbons (Fsp3) is 0.818. The van der Waals surface area contributed by atoms with Crippen LogP contribution < -0.4 is 16.0 Å². The van der Waals surface area contributed by atoms with Crippen LogP contribution in [-0.2, 0) is 14.3 Å². The Kier molecular flexibility index (Phi) is 6.57. The average molecular weight is 243 g/mol. The van der Waals surface area contributed by atoms with E-state index in [0.717, 1.165) is 13.1 Å². The van der Waals surface area contributed by atoms with E-state index in [2.05, 4.69) is 16.0 Å². The first kappa shape index (κ1) is 13.9. The van der Waals surface area contributed by atoms with Gasteiger partial charge in [0.25, 0.3) is 0 Å². The Morgan fingerprint density at radius 1 is 1.24 bits per heavy atom. The van der Waals surface area contributed by atoms with Crippen LogP contribution in [0.1, 0.15) is 12.8 Å². The zero-order valence-corrected chi connectivity index (χ0v) is 10.3. The standard InChI is InChI=1S/C11H21N3O3/c1-17-5-4-14-10(15)2-3-13-11(16)6-9-7-12-8-9/h9,12H,2-8H2,1H3,(H,13,16)(H,14,15). The van der Waals surface area contributed by atoms with Crippen molar-refractivity contribution in [1.82, 2.24) is 16.0 Å². The number of carbonyl (C=O) groups is 2. The third-order valence-corrected chi connectivity index (χ3v) is 2.64. The SMILES string of the molecule is COCCNC(=O)CCNC(=O)CC1CNC1. The third kappa shape index (κ3) is 6.23. The fourth-order valence-electron chi connectivity index (χ4n) is 1.52. The second-order valence-corrected chi connectivity index (χ2v) is 4.17. The first-order valence-electron chi connectivity index (χ1n) is 5.95. The molecule has 1 saturated heterocycles. The zero-order chi connectivity index (χ0) is 12.5. The molecule has 0 radical (unpaired) electrons. The molecule has 0 atom stereocenters. The maximum atomic E-state index is 11.4. The van der Waals surface area contributed by atoms with E-state index in [1.165, 1.54) is 0 Å². The molecule has 0 saturated carbocycles. The van der Waals surface area contributed by atoms with Gasteiger partial charge in [-0.25, -0.2) is 0 Å². The van der Waals surface area contributed by atoms with E-state index in [9.17, 15) is 9.59 Å². The van der Waals surface area contributed by atoms with Gasteiger partial charge in [0.05, 0.1) is 6.61 Å². The highest BCUT2D eigenvalue weighted by Crippen LogP contribution is 2.07. The molecule has 98 valence electrons. The molecule has 1 rings (SSSR count). The van der Waals surface area contributed by atoms with Gasteiger partial charge in [-0.2, -0.15) is 0 Å². The molecule has 0 aromatic carbocycles. The van der Waals surface area contributed by atoms with Crippen molar-refractivity contribution in [3.8, 4) is 0 Å².